The standard InChI is InChI=1S/C25H31ClN2O5.C20H29NO6S.C7H9NO.ClH/c1-25(2,3)33-24(30)27-22(23(29)31-17-19-10-6-4-7-11-19)15-14-21(16-26)28-32-18-20-12-8-5-9-13-20;1-20(2,3)27-19(24)21-17(12-11-16(22)14-28(4,5)25)18(23)26-13-15-9-7-6-8-10-15;8-9-6-7-4-2-1-3-5-7;/h4-13,22H,14-18H2,1-3H3,(H,27,30);6-10,14,17H,11-13H2,1-5H3,(H-,21,22,24,25);1-5H,6,8H2;1H/b28-21-;;;/t22-;17-;;/m00../s1. The van der Waals surface area contributed by atoms with Crippen molar-refractivity contribution in [3.8, 4) is 0 Å². The lowest BCUT2D eigenvalue weighted by Gasteiger charge is -2.23. The maximum absolute atomic E-state index is 12.7. The smallest absolute Gasteiger partial charge is 0.408 e. The fraction of sp³-hybridized carbons (Fsp3) is 0.404. The van der Waals surface area contributed by atoms with Gasteiger partial charge in [0.25, 0.3) is 0 Å². The van der Waals surface area contributed by atoms with Crippen molar-refractivity contribution in [2.45, 2.75) is 117 Å². The van der Waals surface area contributed by atoms with Gasteiger partial charge in [-0.2, -0.15) is 0 Å². The number of benzene rings is 4. The number of hydrogen-bond donors (Lipinski definition) is 3. The number of halogens is 2. The lowest BCUT2D eigenvalue weighted by molar-refractivity contribution is -0.306. The quantitative estimate of drug-likeness (QED) is 0.0135. The SMILES string of the molecule is CC(C)(C)OC(=O)N[C@@H](CC/C(CCl)=N/OCc1ccccc1)C(=O)OCc1ccccc1.CC(C)(C)OC(=O)N[C@@H](CC/C([O-])=C/[S+](C)(C)=O)C(=O)OCc1ccccc1.Cl.NOCc1ccccc1. The van der Waals surface area contributed by atoms with Crippen LogP contribution in [-0.4, -0.2) is 71.5 Å². The van der Waals surface area contributed by atoms with Crippen LogP contribution in [0.25, 0.3) is 0 Å². The Morgan fingerprint density at radius 2 is 0.986 bits per heavy atom. The molecule has 16 nitrogen and oxygen atoms in total. The summed E-state index contributed by atoms with van der Waals surface area (Å²) in [4.78, 5) is 59.3. The molecular formula is C52H70Cl2N4O12S. The lowest BCUT2D eigenvalue weighted by Crippen LogP contribution is -2.44. The van der Waals surface area contributed by atoms with Gasteiger partial charge in [-0.1, -0.05) is 132 Å². The molecule has 390 valence electrons. The molecule has 0 spiro atoms. The van der Waals surface area contributed by atoms with E-state index in [1.54, 1.807) is 53.7 Å². The van der Waals surface area contributed by atoms with E-state index in [1.807, 2.05) is 109 Å². The predicted octanol–water partition coefficient (Wildman–Crippen LogP) is 9.08. The van der Waals surface area contributed by atoms with Gasteiger partial charge in [0.2, 0.25) is 0 Å². The van der Waals surface area contributed by atoms with Crippen molar-refractivity contribution < 1.29 is 57.1 Å². The third-order valence-electron chi connectivity index (χ3n) is 8.73. The Hall–Kier alpha value is -5.98. The van der Waals surface area contributed by atoms with Crippen LogP contribution in [0.3, 0.4) is 0 Å². The van der Waals surface area contributed by atoms with Crippen LogP contribution in [-0.2, 0) is 78.8 Å². The van der Waals surface area contributed by atoms with E-state index in [0.29, 0.717) is 25.3 Å². The summed E-state index contributed by atoms with van der Waals surface area (Å²) in [5.74, 6) is 3.40. The number of allylic oxidation sites excluding steroid dienone is 1. The number of carbonyl (C=O) groups excluding carboxylic acids is 4. The van der Waals surface area contributed by atoms with Crippen LogP contribution in [0.1, 0.15) is 89.5 Å². The second kappa shape index (κ2) is 33.6. The number of nitrogens with zero attached hydrogens (tertiary/aromatic N) is 1. The Labute approximate surface area is 430 Å². The van der Waals surface area contributed by atoms with Crippen LogP contribution >= 0.6 is 24.0 Å². The van der Waals surface area contributed by atoms with Gasteiger partial charge in [-0.25, -0.2) is 25.1 Å². The summed E-state index contributed by atoms with van der Waals surface area (Å²) in [6.45, 7) is 11.3. The average Bonchev–Trinajstić information content (AvgIpc) is 3.29. The van der Waals surface area contributed by atoms with Crippen molar-refractivity contribution in [2.75, 3.05) is 18.4 Å². The van der Waals surface area contributed by atoms with Gasteiger partial charge in [-0.05, 0) is 89.5 Å². The van der Waals surface area contributed by atoms with E-state index in [0.717, 1.165) is 27.7 Å². The molecule has 4 rings (SSSR count). The normalized spacial score (nSPS) is 12.4. The van der Waals surface area contributed by atoms with Crippen molar-refractivity contribution >= 4 is 63.8 Å². The molecule has 0 radical (unpaired) electrons. The fourth-order valence-electron chi connectivity index (χ4n) is 5.61. The van der Waals surface area contributed by atoms with Crippen molar-refractivity contribution in [1.29, 1.82) is 0 Å². The van der Waals surface area contributed by atoms with Gasteiger partial charge >= 0.3 is 24.1 Å². The first-order valence-electron chi connectivity index (χ1n) is 22.4. The second-order valence-electron chi connectivity index (χ2n) is 17.9. The molecule has 0 aliphatic carbocycles. The molecule has 0 heterocycles. The number of amides is 2. The first-order chi connectivity index (χ1) is 33.1. The van der Waals surface area contributed by atoms with Gasteiger partial charge in [-0.3, -0.25) is 4.84 Å². The van der Waals surface area contributed by atoms with Gasteiger partial charge in [0.05, 0.1) is 18.2 Å². The third-order valence-corrected chi connectivity index (χ3v) is 9.87. The number of esters is 2. The number of rotatable bonds is 21. The van der Waals surface area contributed by atoms with Crippen LogP contribution in [0.2, 0.25) is 0 Å². The maximum atomic E-state index is 12.7. The molecule has 2 amide bonds. The van der Waals surface area contributed by atoms with Gasteiger partial charge in [0, 0.05) is 0 Å². The molecule has 0 aliphatic rings. The number of alkyl halides is 1. The number of ether oxygens (including phenoxy) is 4. The minimum Gasteiger partial charge on any atom is -0.873 e. The Bertz CT molecular complexity index is 2260. The molecule has 0 saturated carbocycles. The van der Waals surface area contributed by atoms with Crippen LogP contribution in [0.4, 0.5) is 9.59 Å². The zero-order valence-corrected chi connectivity index (χ0v) is 44.1. The molecule has 0 bridgehead atoms. The Morgan fingerprint density at radius 3 is 1.32 bits per heavy atom. The monoisotopic (exact) mass is 1040 g/mol. The molecular weight excluding hydrogens is 976 g/mol. The molecule has 19 heteroatoms. The Balaban J connectivity index is 0.000000600. The zero-order valence-electron chi connectivity index (χ0n) is 41.8. The molecule has 0 aromatic heterocycles. The number of carbonyl (C=O) groups is 4. The molecule has 2 atom stereocenters. The molecule has 4 N–H and O–H groups in total. The van der Waals surface area contributed by atoms with E-state index in [4.69, 9.17) is 41.3 Å². The van der Waals surface area contributed by atoms with Crippen LogP contribution in [0, 0.1) is 0 Å². The van der Waals surface area contributed by atoms with E-state index < -0.39 is 57.3 Å². The first kappa shape index (κ1) is 63.0. The van der Waals surface area contributed by atoms with Crippen molar-refractivity contribution in [2.24, 2.45) is 11.1 Å². The first-order valence-corrected chi connectivity index (χ1v) is 25.4. The second-order valence-corrected chi connectivity index (χ2v) is 21.0. The summed E-state index contributed by atoms with van der Waals surface area (Å²) >= 11 is 6.01. The number of oxime groups is 1. The molecule has 0 aliphatic heterocycles. The molecule has 4 aromatic carbocycles. The summed E-state index contributed by atoms with van der Waals surface area (Å²) in [5, 5.41) is 22.2. The number of alkyl carbamates (subject to hydrolysis) is 2. The lowest BCUT2D eigenvalue weighted by atomic mass is 10.1. The van der Waals surface area contributed by atoms with Crippen molar-refractivity contribution in [3.05, 3.63) is 155 Å². The topological polar surface area (TPSA) is 226 Å². The zero-order chi connectivity index (χ0) is 52.0. The number of nitrogens with one attached hydrogen (secondary N) is 2. The van der Waals surface area contributed by atoms with Gasteiger partial charge < -0.3 is 39.5 Å². The highest BCUT2D eigenvalue weighted by Gasteiger charge is 2.27. The summed E-state index contributed by atoms with van der Waals surface area (Å²) in [6.07, 6.45) is 1.95. The summed E-state index contributed by atoms with van der Waals surface area (Å²) < 4.78 is 32.9. The third kappa shape index (κ3) is 31.8. The number of hydrogen-bond acceptors (Lipinski definition) is 14. The minimum atomic E-state index is -2.34. The van der Waals surface area contributed by atoms with Crippen molar-refractivity contribution in [3.63, 3.8) is 0 Å². The Morgan fingerprint density at radius 1 is 0.634 bits per heavy atom. The highest BCUT2D eigenvalue weighted by atomic mass is 35.5. The van der Waals surface area contributed by atoms with Crippen LogP contribution < -0.4 is 21.6 Å². The predicted molar refractivity (Wildman–Crippen MR) is 277 cm³/mol. The molecule has 0 unspecified atom stereocenters. The van der Waals surface area contributed by atoms with E-state index in [-0.39, 0.29) is 56.5 Å². The molecule has 4 aromatic rings. The molecule has 71 heavy (non-hydrogen) atoms. The van der Waals surface area contributed by atoms with E-state index in [2.05, 4.69) is 20.6 Å². The highest BCUT2D eigenvalue weighted by Crippen LogP contribution is 2.14. The molecule has 0 fully saturated rings. The van der Waals surface area contributed by atoms with E-state index >= 15 is 0 Å². The average molecular weight is 1050 g/mol. The largest absolute Gasteiger partial charge is 0.873 e. The van der Waals surface area contributed by atoms with E-state index in [9.17, 15) is 28.5 Å². The molecule has 0 saturated heterocycles. The van der Waals surface area contributed by atoms with E-state index in [1.165, 1.54) is 12.5 Å². The number of nitrogens with two attached hydrogens (primary N) is 1. The van der Waals surface area contributed by atoms with Crippen LogP contribution in [0.5, 0.6) is 0 Å². The fourth-order valence-corrected chi connectivity index (χ4v) is 6.54. The van der Waals surface area contributed by atoms with Gasteiger partial charge in [0.15, 0.2) is 0 Å². The van der Waals surface area contributed by atoms with Gasteiger partial charge in [0.1, 0.15) is 71.0 Å². The summed E-state index contributed by atoms with van der Waals surface area (Å²) in [5.41, 5.74) is 2.84. The summed E-state index contributed by atoms with van der Waals surface area (Å²) in [7, 11) is -2.34. The van der Waals surface area contributed by atoms with Gasteiger partial charge in [-0.15, -0.1) is 28.2 Å². The Kier molecular flexibility index (Phi) is 29.8. The maximum Gasteiger partial charge on any atom is 0.408 e. The van der Waals surface area contributed by atoms with Crippen molar-refractivity contribution in [1.82, 2.24) is 10.6 Å². The van der Waals surface area contributed by atoms with Crippen LogP contribution in [0.15, 0.2) is 138 Å². The summed E-state index contributed by atoms with van der Waals surface area (Å²) in [6, 6.07) is 35.8. The highest BCUT2D eigenvalue weighted by molar-refractivity contribution is 8.04. The minimum absolute atomic E-state index is 0.